The third-order valence-electron chi connectivity index (χ3n) is 2.87. The first-order chi connectivity index (χ1) is 9.16. The van der Waals surface area contributed by atoms with E-state index in [-0.39, 0.29) is 11.2 Å². The lowest BCUT2D eigenvalue weighted by Gasteiger charge is -2.05. The summed E-state index contributed by atoms with van der Waals surface area (Å²) in [6.45, 7) is 0. The van der Waals surface area contributed by atoms with E-state index >= 15 is 0 Å². The van der Waals surface area contributed by atoms with Gasteiger partial charge in [-0.2, -0.15) is 0 Å². The van der Waals surface area contributed by atoms with Crippen molar-refractivity contribution in [2.24, 2.45) is 0 Å². The number of hydrogen-bond donors (Lipinski definition) is 1. The monoisotopic (exact) mass is 316 g/mol. The maximum atomic E-state index is 12.1. The molecule has 0 aliphatic carbocycles. The molecule has 0 spiro atoms. The van der Waals surface area contributed by atoms with Crippen molar-refractivity contribution in [2.45, 2.75) is 0 Å². The molecule has 1 aromatic heterocycles. The van der Waals surface area contributed by atoms with E-state index in [2.05, 4.69) is 15.9 Å². The van der Waals surface area contributed by atoms with Crippen molar-refractivity contribution < 1.29 is 9.52 Å². The molecular weight excluding hydrogens is 308 g/mol. The molecule has 0 aliphatic heterocycles. The van der Waals surface area contributed by atoms with Gasteiger partial charge in [0.05, 0.1) is 5.39 Å². The van der Waals surface area contributed by atoms with Crippen molar-refractivity contribution in [3.05, 3.63) is 63.2 Å². The molecular formula is C15H9BrO3. The normalized spacial score (nSPS) is 10.8. The van der Waals surface area contributed by atoms with E-state index in [0.717, 1.165) is 5.56 Å². The van der Waals surface area contributed by atoms with E-state index in [1.54, 1.807) is 6.07 Å². The summed E-state index contributed by atoms with van der Waals surface area (Å²) < 4.78 is 6.12. The second-order valence-corrected chi connectivity index (χ2v) is 4.91. The van der Waals surface area contributed by atoms with Gasteiger partial charge in [-0.15, -0.1) is 0 Å². The van der Waals surface area contributed by atoms with Gasteiger partial charge in [-0.3, -0.25) is 4.79 Å². The van der Waals surface area contributed by atoms with Gasteiger partial charge in [-0.1, -0.05) is 30.3 Å². The quantitative estimate of drug-likeness (QED) is 0.740. The molecule has 0 radical (unpaired) electrons. The van der Waals surface area contributed by atoms with Gasteiger partial charge in [0, 0.05) is 11.6 Å². The zero-order chi connectivity index (χ0) is 13.4. The second-order valence-electron chi connectivity index (χ2n) is 4.12. The Bertz CT molecular complexity index is 807. The molecule has 94 valence electrons. The minimum atomic E-state index is -0.138. The Balaban J connectivity index is 2.36. The predicted octanol–water partition coefficient (Wildman–Crippen LogP) is 3.93. The van der Waals surface area contributed by atoms with Crippen LogP contribution in [0.5, 0.6) is 5.75 Å². The zero-order valence-electron chi connectivity index (χ0n) is 9.76. The van der Waals surface area contributed by atoms with Crippen molar-refractivity contribution >= 4 is 26.9 Å². The van der Waals surface area contributed by atoms with Gasteiger partial charge in [0.15, 0.2) is 11.0 Å². The van der Waals surface area contributed by atoms with E-state index in [1.807, 2.05) is 30.3 Å². The lowest BCUT2D eigenvalue weighted by atomic mass is 10.1. The summed E-state index contributed by atoms with van der Waals surface area (Å²) >= 11 is 3.24. The molecule has 0 unspecified atom stereocenters. The second kappa shape index (κ2) is 4.55. The minimum absolute atomic E-state index is 0.0425. The number of phenolic OH excluding ortho intramolecular Hbond substituents is 1. The van der Waals surface area contributed by atoms with Crippen molar-refractivity contribution in [3.63, 3.8) is 0 Å². The van der Waals surface area contributed by atoms with E-state index in [0.29, 0.717) is 21.2 Å². The summed E-state index contributed by atoms with van der Waals surface area (Å²) in [5.41, 5.74) is 1.03. The lowest BCUT2D eigenvalue weighted by molar-refractivity contribution is 0.470. The number of benzene rings is 2. The Kier molecular flexibility index (Phi) is 2.87. The third-order valence-corrected chi connectivity index (χ3v) is 3.64. The van der Waals surface area contributed by atoms with Crippen LogP contribution in [0.2, 0.25) is 0 Å². The van der Waals surface area contributed by atoms with Gasteiger partial charge in [-0.05, 0) is 28.1 Å². The molecule has 3 rings (SSSR count). The first-order valence-electron chi connectivity index (χ1n) is 5.67. The molecule has 1 heterocycles. The van der Waals surface area contributed by atoms with Crippen LogP contribution in [0.3, 0.4) is 0 Å². The molecule has 3 aromatic rings. The Labute approximate surface area is 117 Å². The van der Waals surface area contributed by atoms with Crippen molar-refractivity contribution in [2.75, 3.05) is 0 Å². The van der Waals surface area contributed by atoms with E-state index in [4.69, 9.17) is 4.42 Å². The molecule has 19 heavy (non-hydrogen) atoms. The topological polar surface area (TPSA) is 50.4 Å². The van der Waals surface area contributed by atoms with Crippen LogP contribution in [0.15, 0.2) is 62.2 Å². The van der Waals surface area contributed by atoms with Crippen molar-refractivity contribution in [1.29, 1.82) is 0 Å². The molecule has 4 heteroatoms. The number of halogens is 1. The van der Waals surface area contributed by atoms with E-state index in [9.17, 15) is 9.90 Å². The number of aromatic hydroxyl groups is 1. The fourth-order valence-electron chi connectivity index (χ4n) is 1.92. The van der Waals surface area contributed by atoms with Crippen LogP contribution >= 0.6 is 15.9 Å². The highest BCUT2D eigenvalue weighted by Crippen LogP contribution is 2.33. The number of phenols is 1. The highest BCUT2D eigenvalue weighted by Gasteiger charge is 2.11. The van der Waals surface area contributed by atoms with Gasteiger partial charge < -0.3 is 9.52 Å². The van der Waals surface area contributed by atoms with E-state index in [1.165, 1.54) is 12.1 Å². The van der Waals surface area contributed by atoms with Crippen LogP contribution in [0.25, 0.3) is 22.3 Å². The van der Waals surface area contributed by atoms with Crippen LogP contribution in [0, 0.1) is 0 Å². The summed E-state index contributed by atoms with van der Waals surface area (Å²) in [4.78, 5) is 12.1. The molecule has 0 fully saturated rings. The Morgan fingerprint density at radius 3 is 2.53 bits per heavy atom. The fraction of sp³-hybridized carbons (Fsp3) is 0. The molecule has 2 aromatic carbocycles. The fourth-order valence-corrected chi connectivity index (χ4v) is 2.35. The largest absolute Gasteiger partial charge is 0.507 e. The smallest absolute Gasteiger partial charge is 0.193 e. The van der Waals surface area contributed by atoms with Crippen LogP contribution in [-0.4, -0.2) is 5.11 Å². The third kappa shape index (κ3) is 2.04. The SMILES string of the molecule is O=c1cc(-c2ccccc2)oc2c(Br)c(O)ccc12. The van der Waals surface area contributed by atoms with Gasteiger partial charge in [0.2, 0.25) is 0 Å². The average molecular weight is 317 g/mol. The summed E-state index contributed by atoms with van der Waals surface area (Å²) in [6, 6.07) is 13.8. The van der Waals surface area contributed by atoms with Crippen molar-refractivity contribution in [3.8, 4) is 17.1 Å². The zero-order valence-corrected chi connectivity index (χ0v) is 11.3. The average Bonchev–Trinajstić information content (AvgIpc) is 2.44. The molecule has 0 amide bonds. The summed E-state index contributed by atoms with van der Waals surface area (Å²) in [5.74, 6) is 0.519. The van der Waals surface area contributed by atoms with Crippen LogP contribution in [-0.2, 0) is 0 Å². The van der Waals surface area contributed by atoms with Crippen LogP contribution in [0.4, 0.5) is 0 Å². The van der Waals surface area contributed by atoms with Gasteiger partial charge >= 0.3 is 0 Å². The first kappa shape index (κ1) is 12.0. The van der Waals surface area contributed by atoms with Crippen molar-refractivity contribution in [1.82, 2.24) is 0 Å². The summed E-state index contributed by atoms with van der Waals surface area (Å²) in [5, 5.41) is 10.1. The Hall–Kier alpha value is -2.07. The van der Waals surface area contributed by atoms with Crippen LogP contribution in [0.1, 0.15) is 0 Å². The number of rotatable bonds is 1. The number of fused-ring (bicyclic) bond motifs is 1. The first-order valence-corrected chi connectivity index (χ1v) is 6.47. The van der Waals surface area contributed by atoms with Gasteiger partial charge in [-0.25, -0.2) is 0 Å². The Morgan fingerprint density at radius 1 is 1.05 bits per heavy atom. The van der Waals surface area contributed by atoms with E-state index < -0.39 is 0 Å². The molecule has 0 saturated heterocycles. The molecule has 0 saturated carbocycles. The summed E-state index contributed by atoms with van der Waals surface area (Å²) in [6.07, 6.45) is 0. The molecule has 0 bridgehead atoms. The maximum absolute atomic E-state index is 12.1. The van der Waals surface area contributed by atoms with Crippen LogP contribution < -0.4 is 5.43 Å². The van der Waals surface area contributed by atoms with Gasteiger partial charge in [0.25, 0.3) is 0 Å². The molecule has 3 nitrogen and oxygen atoms in total. The minimum Gasteiger partial charge on any atom is -0.507 e. The number of hydrogen-bond acceptors (Lipinski definition) is 3. The standard InChI is InChI=1S/C15H9BrO3/c16-14-11(17)7-6-10-12(18)8-13(19-15(10)14)9-4-2-1-3-5-9/h1-8,17H. The predicted molar refractivity (Wildman–Crippen MR) is 77.3 cm³/mol. The Morgan fingerprint density at radius 2 is 1.79 bits per heavy atom. The van der Waals surface area contributed by atoms with Gasteiger partial charge in [0.1, 0.15) is 16.0 Å². The lowest BCUT2D eigenvalue weighted by Crippen LogP contribution is -2.00. The molecule has 0 atom stereocenters. The molecule has 0 aliphatic rings. The summed E-state index contributed by atoms with van der Waals surface area (Å²) in [7, 11) is 0. The highest BCUT2D eigenvalue weighted by molar-refractivity contribution is 9.10. The highest BCUT2D eigenvalue weighted by atomic mass is 79.9. The maximum Gasteiger partial charge on any atom is 0.193 e. The molecule has 1 N–H and O–H groups in total.